The Balaban J connectivity index is 1.39. The number of benzene rings is 2. The van der Waals surface area contributed by atoms with E-state index in [1.807, 2.05) is 29.2 Å². The van der Waals surface area contributed by atoms with Crippen molar-refractivity contribution in [2.45, 2.75) is 6.54 Å². The zero-order valence-corrected chi connectivity index (χ0v) is 18.9. The van der Waals surface area contributed by atoms with Gasteiger partial charge in [0.25, 0.3) is 5.91 Å². The Labute approximate surface area is 194 Å². The predicted octanol–water partition coefficient (Wildman–Crippen LogP) is 5.65. The maximum Gasteiger partial charge on any atom is 0.271 e. The lowest BCUT2D eigenvalue weighted by Gasteiger charge is -2.34. The molecule has 1 aromatic heterocycles. The van der Waals surface area contributed by atoms with Crippen molar-refractivity contribution < 1.29 is 4.79 Å². The van der Waals surface area contributed by atoms with Gasteiger partial charge in [0.05, 0.1) is 15.7 Å². The van der Waals surface area contributed by atoms with Crippen molar-refractivity contribution >= 4 is 52.3 Å². The lowest BCUT2D eigenvalue weighted by atomic mass is 10.1. The second kappa shape index (κ2) is 9.16. The predicted molar refractivity (Wildman–Crippen MR) is 122 cm³/mol. The molecule has 0 saturated carbocycles. The SMILES string of the molecule is O=C(c1cc(-c2ccc(Cl)c(Cl)c2)n[nH]1)N1CCN(Cc2c(Cl)cccc2Cl)CC1. The number of carbonyl (C=O) groups excluding carboxylic acids is 1. The van der Waals surface area contributed by atoms with Crippen LogP contribution in [0.25, 0.3) is 11.3 Å². The Hall–Kier alpha value is -1.76. The van der Waals surface area contributed by atoms with E-state index in [-0.39, 0.29) is 5.91 Å². The van der Waals surface area contributed by atoms with Gasteiger partial charge >= 0.3 is 0 Å². The topological polar surface area (TPSA) is 52.2 Å². The molecule has 0 bridgehead atoms. The Morgan fingerprint density at radius 3 is 2.27 bits per heavy atom. The first-order chi connectivity index (χ1) is 14.4. The largest absolute Gasteiger partial charge is 0.335 e. The van der Waals surface area contributed by atoms with Gasteiger partial charge in [-0.05, 0) is 30.3 Å². The summed E-state index contributed by atoms with van der Waals surface area (Å²) in [5.41, 5.74) is 2.80. The monoisotopic (exact) mass is 482 g/mol. The van der Waals surface area contributed by atoms with Crippen LogP contribution in [0.2, 0.25) is 20.1 Å². The van der Waals surface area contributed by atoms with Gasteiger partial charge in [-0.25, -0.2) is 0 Å². The molecule has 1 aliphatic heterocycles. The Morgan fingerprint density at radius 1 is 0.900 bits per heavy atom. The number of halogens is 4. The lowest BCUT2D eigenvalue weighted by Crippen LogP contribution is -2.48. The first-order valence-electron chi connectivity index (χ1n) is 9.37. The van der Waals surface area contributed by atoms with Crippen LogP contribution in [0.3, 0.4) is 0 Å². The van der Waals surface area contributed by atoms with Gasteiger partial charge in [0.1, 0.15) is 5.69 Å². The molecule has 1 saturated heterocycles. The summed E-state index contributed by atoms with van der Waals surface area (Å²) >= 11 is 24.6. The zero-order valence-electron chi connectivity index (χ0n) is 15.8. The van der Waals surface area contributed by atoms with Crippen molar-refractivity contribution in [2.24, 2.45) is 0 Å². The second-order valence-corrected chi connectivity index (χ2v) is 8.69. The summed E-state index contributed by atoms with van der Waals surface area (Å²) in [7, 11) is 0. The van der Waals surface area contributed by atoms with Gasteiger partial charge in [0.2, 0.25) is 0 Å². The molecule has 1 fully saturated rings. The fourth-order valence-corrected chi connectivity index (χ4v) is 4.24. The molecule has 4 rings (SSSR count). The average molecular weight is 484 g/mol. The summed E-state index contributed by atoms with van der Waals surface area (Å²) in [6, 6.07) is 12.5. The van der Waals surface area contributed by atoms with Crippen LogP contribution in [0.15, 0.2) is 42.5 Å². The van der Waals surface area contributed by atoms with Gasteiger partial charge in [0.15, 0.2) is 0 Å². The molecule has 3 aromatic rings. The van der Waals surface area contributed by atoms with Crippen LogP contribution in [0.4, 0.5) is 0 Å². The van der Waals surface area contributed by atoms with Crippen molar-refractivity contribution in [2.75, 3.05) is 26.2 Å². The highest BCUT2D eigenvalue weighted by Gasteiger charge is 2.24. The van der Waals surface area contributed by atoms with Gasteiger partial charge in [-0.15, -0.1) is 0 Å². The number of hydrogen-bond donors (Lipinski definition) is 1. The van der Waals surface area contributed by atoms with Gasteiger partial charge in [-0.3, -0.25) is 14.8 Å². The first kappa shape index (κ1) is 21.5. The van der Waals surface area contributed by atoms with Crippen molar-refractivity contribution in [3.63, 3.8) is 0 Å². The highest BCUT2D eigenvalue weighted by atomic mass is 35.5. The van der Waals surface area contributed by atoms with Crippen LogP contribution in [-0.4, -0.2) is 52.1 Å². The van der Waals surface area contributed by atoms with E-state index in [0.717, 1.165) is 24.2 Å². The number of amides is 1. The number of nitrogens with zero attached hydrogens (tertiary/aromatic N) is 3. The fourth-order valence-electron chi connectivity index (χ4n) is 3.42. The normalized spacial score (nSPS) is 14.9. The van der Waals surface area contributed by atoms with E-state index < -0.39 is 0 Å². The molecule has 9 heteroatoms. The van der Waals surface area contributed by atoms with Crippen LogP contribution in [0.5, 0.6) is 0 Å². The van der Waals surface area contributed by atoms with E-state index in [0.29, 0.717) is 51.1 Å². The van der Waals surface area contributed by atoms with Crippen LogP contribution >= 0.6 is 46.4 Å². The number of hydrogen-bond acceptors (Lipinski definition) is 3. The van der Waals surface area contributed by atoms with Gasteiger partial charge in [0, 0.05) is 53.9 Å². The molecular weight excluding hydrogens is 466 g/mol. The standard InChI is InChI=1S/C21H18Cl4N4O/c22-15-2-1-3-16(23)14(15)12-28-6-8-29(9-7-28)21(30)20-11-19(26-27-20)13-4-5-17(24)18(25)10-13/h1-5,10-11H,6-9,12H2,(H,26,27). The molecule has 1 aliphatic rings. The molecule has 30 heavy (non-hydrogen) atoms. The number of aromatic amines is 1. The highest BCUT2D eigenvalue weighted by molar-refractivity contribution is 6.42. The third-order valence-electron chi connectivity index (χ3n) is 5.13. The third kappa shape index (κ3) is 4.61. The molecule has 0 unspecified atom stereocenters. The van der Waals surface area contributed by atoms with E-state index in [1.54, 1.807) is 18.2 Å². The molecule has 0 aliphatic carbocycles. The lowest BCUT2D eigenvalue weighted by molar-refractivity contribution is 0.0622. The maximum absolute atomic E-state index is 12.9. The molecule has 0 atom stereocenters. The van der Waals surface area contributed by atoms with Gasteiger partial charge < -0.3 is 4.90 Å². The van der Waals surface area contributed by atoms with Gasteiger partial charge in [-0.1, -0.05) is 58.5 Å². The Kier molecular flexibility index (Phi) is 6.56. The van der Waals surface area contributed by atoms with E-state index in [4.69, 9.17) is 46.4 Å². The maximum atomic E-state index is 12.9. The number of aromatic nitrogens is 2. The number of carbonyl (C=O) groups is 1. The second-order valence-electron chi connectivity index (χ2n) is 7.06. The van der Waals surface area contributed by atoms with Crippen molar-refractivity contribution in [3.05, 3.63) is 73.8 Å². The van der Waals surface area contributed by atoms with E-state index >= 15 is 0 Å². The summed E-state index contributed by atoms with van der Waals surface area (Å²) in [6.45, 7) is 3.36. The molecule has 1 N–H and O–H groups in total. The molecule has 0 spiro atoms. The minimum Gasteiger partial charge on any atom is -0.335 e. The minimum atomic E-state index is -0.0794. The Morgan fingerprint density at radius 2 is 1.60 bits per heavy atom. The number of H-pyrrole nitrogens is 1. The van der Waals surface area contributed by atoms with Crippen molar-refractivity contribution in [1.29, 1.82) is 0 Å². The molecule has 1 amide bonds. The molecule has 0 radical (unpaired) electrons. The summed E-state index contributed by atoms with van der Waals surface area (Å²) in [5.74, 6) is -0.0794. The smallest absolute Gasteiger partial charge is 0.271 e. The Bertz CT molecular complexity index is 1060. The number of nitrogens with one attached hydrogen (secondary N) is 1. The molecule has 2 aromatic carbocycles. The van der Waals surface area contributed by atoms with Crippen molar-refractivity contribution in [3.8, 4) is 11.3 Å². The average Bonchev–Trinajstić information content (AvgIpc) is 3.23. The molecule has 5 nitrogen and oxygen atoms in total. The zero-order chi connectivity index (χ0) is 21.3. The quantitative estimate of drug-likeness (QED) is 0.521. The van der Waals surface area contributed by atoms with E-state index in [2.05, 4.69) is 15.1 Å². The summed E-state index contributed by atoms with van der Waals surface area (Å²) < 4.78 is 0. The fraction of sp³-hybridized carbons (Fsp3) is 0.238. The summed E-state index contributed by atoms with van der Waals surface area (Å²) in [5, 5.41) is 9.33. The van der Waals surface area contributed by atoms with E-state index in [1.165, 1.54) is 0 Å². The number of piperazine rings is 1. The first-order valence-corrected chi connectivity index (χ1v) is 10.9. The molecule has 156 valence electrons. The van der Waals surface area contributed by atoms with Crippen LogP contribution < -0.4 is 0 Å². The summed E-state index contributed by atoms with van der Waals surface area (Å²) in [6.07, 6.45) is 0. The minimum absolute atomic E-state index is 0.0794. The number of rotatable bonds is 4. The van der Waals surface area contributed by atoms with Crippen molar-refractivity contribution in [1.82, 2.24) is 20.0 Å². The summed E-state index contributed by atoms with van der Waals surface area (Å²) in [4.78, 5) is 16.9. The third-order valence-corrected chi connectivity index (χ3v) is 6.57. The van der Waals surface area contributed by atoms with Gasteiger partial charge in [-0.2, -0.15) is 5.10 Å². The van der Waals surface area contributed by atoms with Crippen LogP contribution in [0, 0.1) is 0 Å². The highest BCUT2D eigenvalue weighted by Crippen LogP contribution is 2.28. The van der Waals surface area contributed by atoms with Crippen LogP contribution in [-0.2, 0) is 6.54 Å². The van der Waals surface area contributed by atoms with Crippen LogP contribution in [0.1, 0.15) is 16.1 Å². The van der Waals surface area contributed by atoms with E-state index in [9.17, 15) is 4.79 Å². The molecular formula is C21H18Cl4N4O. The molecule has 2 heterocycles.